The minimum absolute atomic E-state index is 0.848. The standard InChI is InChI=1S/C21H21N/c1-16-7-6-8-17(2)21(16)22-15-18-11-13-20(14-12-18)19-9-4-3-5-10-19/h3-14,22H,15H2,1-2H3. The van der Waals surface area contributed by atoms with E-state index in [-0.39, 0.29) is 0 Å². The van der Waals surface area contributed by atoms with Crippen LogP contribution in [0.25, 0.3) is 11.1 Å². The van der Waals surface area contributed by atoms with Crippen molar-refractivity contribution in [2.24, 2.45) is 0 Å². The van der Waals surface area contributed by atoms with Crippen molar-refractivity contribution in [1.29, 1.82) is 0 Å². The zero-order chi connectivity index (χ0) is 15.4. The number of hydrogen-bond acceptors (Lipinski definition) is 1. The largest absolute Gasteiger partial charge is 0.381 e. The van der Waals surface area contributed by atoms with Gasteiger partial charge in [-0.05, 0) is 41.7 Å². The molecule has 0 radical (unpaired) electrons. The molecule has 0 spiro atoms. The highest BCUT2D eigenvalue weighted by Crippen LogP contribution is 2.22. The molecule has 0 heterocycles. The summed E-state index contributed by atoms with van der Waals surface area (Å²) in [6.07, 6.45) is 0. The second-order valence-electron chi connectivity index (χ2n) is 5.68. The molecule has 3 aromatic carbocycles. The van der Waals surface area contributed by atoms with Crippen molar-refractivity contribution >= 4 is 5.69 Å². The minimum Gasteiger partial charge on any atom is -0.381 e. The summed E-state index contributed by atoms with van der Waals surface area (Å²) >= 11 is 0. The van der Waals surface area contributed by atoms with Gasteiger partial charge in [0.15, 0.2) is 0 Å². The SMILES string of the molecule is Cc1cccc(C)c1NCc1ccc(-c2ccccc2)cc1. The molecular formula is C21H21N. The maximum atomic E-state index is 3.56. The fraction of sp³-hybridized carbons (Fsp3) is 0.143. The molecule has 0 aliphatic rings. The number of aryl methyl sites for hydroxylation is 2. The van der Waals surface area contributed by atoms with Crippen LogP contribution in [0.5, 0.6) is 0 Å². The van der Waals surface area contributed by atoms with Gasteiger partial charge < -0.3 is 5.32 Å². The molecule has 1 heteroatoms. The predicted molar refractivity (Wildman–Crippen MR) is 95.1 cm³/mol. The van der Waals surface area contributed by atoms with Gasteiger partial charge in [-0.25, -0.2) is 0 Å². The average Bonchev–Trinajstić information content (AvgIpc) is 2.56. The molecule has 1 N–H and O–H groups in total. The summed E-state index contributed by atoms with van der Waals surface area (Å²) in [4.78, 5) is 0. The van der Waals surface area contributed by atoms with Gasteiger partial charge in [0, 0.05) is 12.2 Å². The first-order chi connectivity index (χ1) is 10.7. The molecule has 0 atom stereocenters. The van der Waals surface area contributed by atoms with Gasteiger partial charge >= 0.3 is 0 Å². The lowest BCUT2D eigenvalue weighted by molar-refractivity contribution is 1.13. The summed E-state index contributed by atoms with van der Waals surface area (Å²) in [5, 5.41) is 3.56. The highest BCUT2D eigenvalue weighted by atomic mass is 14.9. The van der Waals surface area contributed by atoms with Crippen LogP contribution in [0.4, 0.5) is 5.69 Å². The molecule has 0 bridgehead atoms. The quantitative estimate of drug-likeness (QED) is 0.660. The van der Waals surface area contributed by atoms with E-state index in [2.05, 4.69) is 85.9 Å². The van der Waals surface area contributed by atoms with Gasteiger partial charge in [-0.3, -0.25) is 0 Å². The fourth-order valence-corrected chi connectivity index (χ4v) is 2.73. The third-order valence-corrected chi connectivity index (χ3v) is 4.01. The van der Waals surface area contributed by atoms with Gasteiger partial charge in [0.1, 0.15) is 0 Å². The van der Waals surface area contributed by atoms with Crippen molar-refractivity contribution in [2.75, 3.05) is 5.32 Å². The first-order valence-electron chi connectivity index (χ1n) is 7.68. The van der Waals surface area contributed by atoms with Crippen LogP contribution in [-0.4, -0.2) is 0 Å². The Labute approximate surface area is 132 Å². The molecule has 22 heavy (non-hydrogen) atoms. The van der Waals surface area contributed by atoms with E-state index < -0.39 is 0 Å². The highest BCUT2D eigenvalue weighted by molar-refractivity contribution is 5.63. The number of anilines is 1. The van der Waals surface area contributed by atoms with Crippen LogP contribution in [0, 0.1) is 13.8 Å². The first-order valence-corrected chi connectivity index (χ1v) is 7.68. The van der Waals surface area contributed by atoms with E-state index in [1.807, 2.05) is 6.07 Å². The molecule has 0 aliphatic carbocycles. The van der Waals surface area contributed by atoms with Crippen LogP contribution in [0.3, 0.4) is 0 Å². The van der Waals surface area contributed by atoms with Crippen LogP contribution in [-0.2, 0) is 6.54 Å². The molecule has 0 aromatic heterocycles. The molecule has 3 aromatic rings. The summed E-state index contributed by atoms with van der Waals surface area (Å²) in [5.74, 6) is 0. The van der Waals surface area contributed by atoms with Crippen LogP contribution < -0.4 is 5.32 Å². The van der Waals surface area contributed by atoms with Crippen LogP contribution >= 0.6 is 0 Å². The maximum Gasteiger partial charge on any atom is 0.0402 e. The van der Waals surface area contributed by atoms with Crippen molar-refractivity contribution in [2.45, 2.75) is 20.4 Å². The molecule has 0 aliphatic heterocycles. The summed E-state index contributed by atoms with van der Waals surface area (Å²) in [6.45, 7) is 5.14. The Bertz CT molecular complexity index is 722. The second-order valence-corrected chi connectivity index (χ2v) is 5.68. The van der Waals surface area contributed by atoms with Gasteiger partial charge in [0.05, 0.1) is 0 Å². The number of nitrogens with one attached hydrogen (secondary N) is 1. The molecule has 0 unspecified atom stereocenters. The van der Waals surface area contributed by atoms with Crippen LogP contribution in [0.1, 0.15) is 16.7 Å². The highest BCUT2D eigenvalue weighted by Gasteiger charge is 2.02. The van der Waals surface area contributed by atoms with Gasteiger partial charge in [0.25, 0.3) is 0 Å². The Balaban J connectivity index is 1.72. The lowest BCUT2D eigenvalue weighted by atomic mass is 10.0. The normalized spacial score (nSPS) is 10.5. The second kappa shape index (κ2) is 6.48. The van der Waals surface area contributed by atoms with Crippen molar-refractivity contribution in [3.8, 4) is 11.1 Å². The van der Waals surface area contributed by atoms with E-state index in [0.717, 1.165) is 6.54 Å². The minimum atomic E-state index is 0.848. The molecule has 3 rings (SSSR count). The zero-order valence-electron chi connectivity index (χ0n) is 13.1. The Morgan fingerprint density at radius 2 is 1.23 bits per heavy atom. The van der Waals surface area contributed by atoms with Gasteiger partial charge in [-0.1, -0.05) is 72.8 Å². The lowest BCUT2D eigenvalue weighted by Crippen LogP contribution is -2.02. The van der Waals surface area contributed by atoms with E-state index in [1.165, 1.54) is 33.5 Å². The van der Waals surface area contributed by atoms with Crippen LogP contribution in [0.15, 0.2) is 72.8 Å². The Morgan fingerprint density at radius 1 is 0.636 bits per heavy atom. The number of benzene rings is 3. The third kappa shape index (κ3) is 3.20. The third-order valence-electron chi connectivity index (χ3n) is 4.01. The first kappa shape index (κ1) is 14.4. The van der Waals surface area contributed by atoms with Gasteiger partial charge in [-0.2, -0.15) is 0 Å². The van der Waals surface area contributed by atoms with Crippen molar-refractivity contribution in [3.05, 3.63) is 89.5 Å². The van der Waals surface area contributed by atoms with Crippen LogP contribution in [0.2, 0.25) is 0 Å². The van der Waals surface area contributed by atoms with Crippen molar-refractivity contribution < 1.29 is 0 Å². The number of hydrogen-bond donors (Lipinski definition) is 1. The smallest absolute Gasteiger partial charge is 0.0402 e. The van der Waals surface area contributed by atoms with Gasteiger partial charge in [-0.15, -0.1) is 0 Å². The van der Waals surface area contributed by atoms with E-state index in [9.17, 15) is 0 Å². The molecule has 1 nitrogen and oxygen atoms in total. The van der Waals surface area contributed by atoms with E-state index in [0.29, 0.717) is 0 Å². The average molecular weight is 287 g/mol. The molecule has 0 saturated carbocycles. The number of para-hydroxylation sites is 1. The summed E-state index contributed by atoms with van der Waals surface area (Å²) in [5.41, 5.74) is 7.65. The topological polar surface area (TPSA) is 12.0 Å². The summed E-state index contributed by atoms with van der Waals surface area (Å²) in [7, 11) is 0. The van der Waals surface area contributed by atoms with Gasteiger partial charge in [0.2, 0.25) is 0 Å². The summed E-state index contributed by atoms with van der Waals surface area (Å²) in [6, 6.07) is 25.7. The molecule has 0 saturated heterocycles. The monoisotopic (exact) mass is 287 g/mol. The fourth-order valence-electron chi connectivity index (χ4n) is 2.73. The molecule has 0 fully saturated rings. The van der Waals surface area contributed by atoms with Crippen molar-refractivity contribution in [3.63, 3.8) is 0 Å². The van der Waals surface area contributed by atoms with Crippen molar-refractivity contribution in [1.82, 2.24) is 0 Å². The Morgan fingerprint density at radius 3 is 1.86 bits per heavy atom. The Hall–Kier alpha value is -2.54. The number of rotatable bonds is 4. The van der Waals surface area contributed by atoms with E-state index in [4.69, 9.17) is 0 Å². The maximum absolute atomic E-state index is 3.56. The Kier molecular flexibility index (Phi) is 4.24. The molecule has 110 valence electrons. The lowest BCUT2D eigenvalue weighted by Gasteiger charge is -2.13. The van der Waals surface area contributed by atoms with E-state index in [1.54, 1.807) is 0 Å². The molecule has 0 amide bonds. The zero-order valence-corrected chi connectivity index (χ0v) is 13.1. The predicted octanol–water partition coefficient (Wildman–Crippen LogP) is 5.58. The summed E-state index contributed by atoms with van der Waals surface area (Å²) < 4.78 is 0. The molecular weight excluding hydrogens is 266 g/mol. The van der Waals surface area contributed by atoms with E-state index >= 15 is 0 Å².